The molecule has 17 heavy (non-hydrogen) atoms. The van der Waals surface area contributed by atoms with E-state index in [0.29, 0.717) is 6.04 Å². The van der Waals surface area contributed by atoms with Crippen molar-refractivity contribution in [2.24, 2.45) is 5.92 Å². The van der Waals surface area contributed by atoms with Gasteiger partial charge in [-0.25, -0.2) is 0 Å². The lowest BCUT2D eigenvalue weighted by atomic mass is 10.1. The van der Waals surface area contributed by atoms with Crippen molar-refractivity contribution in [1.82, 2.24) is 0 Å². The molecule has 92 valence electrons. The van der Waals surface area contributed by atoms with Crippen molar-refractivity contribution in [3.8, 4) is 0 Å². The molecule has 1 saturated carbocycles. The van der Waals surface area contributed by atoms with E-state index in [1.165, 1.54) is 18.9 Å². The minimum atomic E-state index is -0.459. The molecule has 1 aromatic carbocycles. The van der Waals surface area contributed by atoms with Crippen LogP contribution in [-0.4, -0.2) is 11.0 Å². The molecule has 1 aromatic rings. The monoisotopic (exact) mass is 254 g/mol. The highest BCUT2D eigenvalue weighted by atomic mass is 35.5. The summed E-state index contributed by atoms with van der Waals surface area (Å²) in [5.74, 6) is 0.833. The highest BCUT2D eigenvalue weighted by molar-refractivity contribution is 6.32. The van der Waals surface area contributed by atoms with Crippen molar-refractivity contribution in [2.75, 3.05) is 5.32 Å². The van der Waals surface area contributed by atoms with Crippen molar-refractivity contribution >= 4 is 23.0 Å². The molecule has 1 N–H and O–H groups in total. The lowest BCUT2D eigenvalue weighted by Crippen LogP contribution is -2.15. The standard InChI is InChI=1S/C12H15ClN2O2/c1-8(6-9-2-3-9)14-10-4-5-11(13)12(7-10)15(16)17/h4-5,7-9,14H,2-3,6H2,1H3. The molecule has 0 heterocycles. The SMILES string of the molecule is CC(CC1CC1)Nc1ccc(Cl)c([N+](=O)[O-])c1. The van der Waals surface area contributed by atoms with E-state index in [0.717, 1.165) is 18.0 Å². The van der Waals surface area contributed by atoms with E-state index in [1.54, 1.807) is 12.1 Å². The Balaban J connectivity index is 2.04. The average molecular weight is 255 g/mol. The number of nitro benzene ring substituents is 1. The Morgan fingerprint density at radius 1 is 1.59 bits per heavy atom. The van der Waals surface area contributed by atoms with Crippen molar-refractivity contribution < 1.29 is 4.92 Å². The minimum Gasteiger partial charge on any atom is -0.382 e. The van der Waals surface area contributed by atoms with Gasteiger partial charge in [-0.15, -0.1) is 0 Å². The van der Waals surface area contributed by atoms with Crippen LogP contribution in [0.3, 0.4) is 0 Å². The normalized spacial score (nSPS) is 16.6. The molecule has 1 aliphatic carbocycles. The van der Waals surface area contributed by atoms with Gasteiger partial charge in [0.1, 0.15) is 5.02 Å². The maximum absolute atomic E-state index is 10.7. The van der Waals surface area contributed by atoms with Crippen LogP contribution < -0.4 is 5.32 Å². The molecule has 0 bridgehead atoms. The largest absolute Gasteiger partial charge is 0.382 e. The molecule has 0 aliphatic heterocycles. The maximum atomic E-state index is 10.7. The fourth-order valence-electron chi connectivity index (χ4n) is 1.94. The molecule has 1 atom stereocenters. The van der Waals surface area contributed by atoms with Crippen LogP contribution in [0.1, 0.15) is 26.2 Å². The molecule has 5 heteroatoms. The second-order valence-corrected chi connectivity index (χ2v) is 5.05. The van der Waals surface area contributed by atoms with Gasteiger partial charge in [0, 0.05) is 17.8 Å². The molecule has 4 nitrogen and oxygen atoms in total. The van der Waals surface area contributed by atoms with Gasteiger partial charge in [0.25, 0.3) is 5.69 Å². The van der Waals surface area contributed by atoms with Crippen LogP contribution in [-0.2, 0) is 0 Å². The van der Waals surface area contributed by atoms with Gasteiger partial charge in [0.15, 0.2) is 0 Å². The molecule has 0 amide bonds. The van der Waals surface area contributed by atoms with Crippen LogP contribution in [0, 0.1) is 16.0 Å². The lowest BCUT2D eigenvalue weighted by molar-refractivity contribution is -0.384. The van der Waals surface area contributed by atoms with Crippen LogP contribution in [0.15, 0.2) is 18.2 Å². The van der Waals surface area contributed by atoms with Crippen LogP contribution in [0.4, 0.5) is 11.4 Å². The van der Waals surface area contributed by atoms with Gasteiger partial charge < -0.3 is 5.32 Å². The number of nitrogens with zero attached hydrogens (tertiary/aromatic N) is 1. The average Bonchev–Trinajstić information content (AvgIpc) is 3.04. The summed E-state index contributed by atoms with van der Waals surface area (Å²) in [5.41, 5.74) is 0.713. The summed E-state index contributed by atoms with van der Waals surface area (Å²) in [6, 6.07) is 5.17. The van der Waals surface area contributed by atoms with Gasteiger partial charge in [0.2, 0.25) is 0 Å². The molecule has 0 saturated heterocycles. The van der Waals surface area contributed by atoms with Crippen molar-refractivity contribution in [3.63, 3.8) is 0 Å². The molecule has 1 fully saturated rings. The van der Waals surface area contributed by atoms with Crippen molar-refractivity contribution in [1.29, 1.82) is 0 Å². The van der Waals surface area contributed by atoms with Crippen LogP contribution in [0.2, 0.25) is 5.02 Å². The summed E-state index contributed by atoms with van der Waals surface area (Å²) in [6.45, 7) is 2.10. The molecule has 0 spiro atoms. The third-order valence-electron chi connectivity index (χ3n) is 2.94. The van der Waals surface area contributed by atoms with E-state index < -0.39 is 4.92 Å². The summed E-state index contributed by atoms with van der Waals surface area (Å²) in [5, 5.41) is 14.2. The van der Waals surface area contributed by atoms with Gasteiger partial charge in [0.05, 0.1) is 4.92 Å². The molecule has 2 rings (SSSR count). The fraction of sp³-hybridized carbons (Fsp3) is 0.500. The van der Waals surface area contributed by atoms with Gasteiger partial charge in [-0.05, 0) is 31.4 Å². The first-order valence-corrected chi connectivity index (χ1v) is 6.14. The predicted octanol–water partition coefficient (Wildman–Crippen LogP) is 3.85. The van der Waals surface area contributed by atoms with E-state index in [2.05, 4.69) is 12.2 Å². The van der Waals surface area contributed by atoms with Gasteiger partial charge in [-0.1, -0.05) is 24.4 Å². The minimum absolute atomic E-state index is 0.0460. The summed E-state index contributed by atoms with van der Waals surface area (Å²) >= 11 is 5.75. The number of benzene rings is 1. The summed E-state index contributed by atoms with van der Waals surface area (Å²) in [6.07, 6.45) is 3.75. The Labute approximate surface area is 105 Å². The van der Waals surface area contributed by atoms with E-state index in [-0.39, 0.29) is 10.7 Å². The highest BCUT2D eigenvalue weighted by Crippen LogP contribution is 2.34. The first-order chi connectivity index (χ1) is 8.06. The predicted molar refractivity (Wildman–Crippen MR) is 68.5 cm³/mol. The third-order valence-corrected chi connectivity index (χ3v) is 3.26. The van der Waals surface area contributed by atoms with Crippen molar-refractivity contribution in [2.45, 2.75) is 32.2 Å². The van der Waals surface area contributed by atoms with Crippen LogP contribution in [0.5, 0.6) is 0 Å². The first-order valence-electron chi connectivity index (χ1n) is 5.76. The number of halogens is 1. The van der Waals surface area contributed by atoms with E-state index in [4.69, 9.17) is 11.6 Å². The summed E-state index contributed by atoms with van der Waals surface area (Å²) in [4.78, 5) is 10.3. The maximum Gasteiger partial charge on any atom is 0.289 e. The lowest BCUT2D eigenvalue weighted by Gasteiger charge is -2.14. The number of hydrogen-bond acceptors (Lipinski definition) is 3. The smallest absolute Gasteiger partial charge is 0.289 e. The Bertz CT molecular complexity index is 433. The molecule has 1 unspecified atom stereocenters. The van der Waals surface area contributed by atoms with Crippen LogP contribution >= 0.6 is 11.6 Å². The zero-order valence-corrected chi connectivity index (χ0v) is 10.4. The highest BCUT2D eigenvalue weighted by Gasteiger charge is 2.23. The quantitative estimate of drug-likeness (QED) is 0.641. The molecule has 0 radical (unpaired) electrons. The third kappa shape index (κ3) is 3.33. The first kappa shape index (κ1) is 12.2. The van der Waals surface area contributed by atoms with E-state index in [9.17, 15) is 10.1 Å². The second-order valence-electron chi connectivity index (χ2n) is 4.65. The molecule has 0 aromatic heterocycles. The number of anilines is 1. The summed E-state index contributed by atoms with van der Waals surface area (Å²) < 4.78 is 0. The van der Waals surface area contributed by atoms with Gasteiger partial charge >= 0.3 is 0 Å². The number of hydrogen-bond donors (Lipinski definition) is 1. The fourth-order valence-corrected chi connectivity index (χ4v) is 2.13. The zero-order chi connectivity index (χ0) is 12.4. The number of nitrogens with one attached hydrogen (secondary N) is 1. The Kier molecular flexibility index (Phi) is 3.52. The van der Waals surface area contributed by atoms with Crippen molar-refractivity contribution in [3.05, 3.63) is 33.3 Å². The topological polar surface area (TPSA) is 55.2 Å². The second kappa shape index (κ2) is 4.92. The van der Waals surface area contributed by atoms with Crippen LogP contribution in [0.25, 0.3) is 0 Å². The van der Waals surface area contributed by atoms with E-state index in [1.807, 2.05) is 0 Å². The van der Waals surface area contributed by atoms with Gasteiger partial charge in [-0.3, -0.25) is 10.1 Å². The number of nitro groups is 1. The van der Waals surface area contributed by atoms with Gasteiger partial charge in [-0.2, -0.15) is 0 Å². The summed E-state index contributed by atoms with van der Waals surface area (Å²) in [7, 11) is 0. The Hall–Kier alpha value is -1.29. The van der Waals surface area contributed by atoms with E-state index >= 15 is 0 Å². The zero-order valence-electron chi connectivity index (χ0n) is 9.65. The Morgan fingerprint density at radius 2 is 2.29 bits per heavy atom. The molecular weight excluding hydrogens is 240 g/mol. The molecule has 1 aliphatic rings. The number of rotatable bonds is 5. The molecular formula is C12H15ClN2O2. The Morgan fingerprint density at radius 3 is 2.88 bits per heavy atom.